The number of benzene rings is 1. The molecule has 1 atom stereocenters. The molecule has 0 radical (unpaired) electrons. The van der Waals surface area contributed by atoms with Gasteiger partial charge in [0, 0.05) is 12.6 Å². The topological polar surface area (TPSA) is 78.4 Å². The normalized spacial score (nSPS) is 11.6. The average Bonchev–Trinajstić information content (AvgIpc) is 2.45. The van der Waals surface area contributed by atoms with E-state index in [9.17, 15) is 14.7 Å². The van der Waals surface area contributed by atoms with Crippen molar-refractivity contribution in [3.8, 4) is 0 Å². The monoisotopic (exact) mass is 290 g/mol. The lowest BCUT2D eigenvalue weighted by Crippen LogP contribution is -2.38. The Morgan fingerprint density at radius 3 is 2.38 bits per heavy atom. The second-order valence-corrected chi connectivity index (χ2v) is 5.06. The first-order valence-electron chi connectivity index (χ1n) is 6.82. The van der Waals surface area contributed by atoms with Crippen LogP contribution in [0.3, 0.4) is 0 Å². The largest absolute Gasteiger partial charge is 0.394 e. The number of aliphatic hydroxyl groups is 1. The van der Waals surface area contributed by atoms with Crippen molar-refractivity contribution in [1.82, 2.24) is 10.6 Å². The Kier molecular flexibility index (Phi) is 6.62. The van der Waals surface area contributed by atoms with Gasteiger partial charge in [-0.25, -0.2) is 0 Å². The van der Waals surface area contributed by atoms with Gasteiger partial charge < -0.3 is 15.7 Å². The van der Waals surface area contributed by atoms with Crippen LogP contribution in [0.15, 0.2) is 36.4 Å². The van der Waals surface area contributed by atoms with Crippen LogP contribution in [-0.2, 0) is 11.2 Å². The summed E-state index contributed by atoms with van der Waals surface area (Å²) >= 11 is 0. The van der Waals surface area contributed by atoms with Crippen molar-refractivity contribution in [2.24, 2.45) is 0 Å². The van der Waals surface area contributed by atoms with Gasteiger partial charge in [-0.3, -0.25) is 9.59 Å². The molecule has 2 amide bonds. The molecule has 0 aliphatic rings. The van der Waals surface area contributed by atoms with Crippen LogP contribution in [0, 0.1) is 0 Å². The quantitative estimate of drug-likeness (QED) is 0.656. The van der Waals surface area contributed by atoms with Crippen LogP contribution in [0.5, 0.6) is 0 Å². The number of carbonyl (C=O) groups is 2. The van der Waals surface area contributed by atoms with Gasteiger partial charge in [-0.1, -0.05) is 17.7 Å². The minimum atomic E-state index is -0.305. The van der Waals surface area contributed by atoms with Crippen molar-refractivity contribution in [1.29, 1.82) is 0 Å². The van der Waals surface area contributed by atoms with Gasteiger partial charge in [-0.05, 0) is 31.0 Å². The Bertz CT molecular complexity index is 509. The molecule has 3 N–H and O–H groups in total. The number of amides is 2. The van der Waals surface area contributed by atoms with Crippen molar-refractivity contribution in [2.45, 2.75) is 25.8 Å². The van der Waals surface area contributed by atoms with Crippen LogP contribution in [0.25, 0.3) is 0 Å². The molecular formula is C16H22N2O3. The highest BCUT2D eigenvalue weighted by Crippen LogP contribution is 2.06. The summed E-state index contributed by atoms with van der Waals surface area (Å²) in [6.45, 7) is 5.50. The molecule has 21 heavy (non-hydrogen) atoms. The number of hydrogen-bond donors (Lipinski definition) is 3. The Labute approximate surface area is 125 Å². The highest BCUT2D eigenvalue weighted by molar-refractivity contribution is 5.94. The highest BCUT2D eigenvalue weighted by Gasteiger charge is 2.12. The van der Waals surface area contributed by atoms with E-state index in [4.69, 9.17) is 0 Å². The standard InChI is InChI=1S/C16H22N2O3/c1-11(2)8-14(10-19)18-15(20)9-12-4-6-13(7-5-12)16(21)17-3/h4-7,14,19H,1,8-10H2,2-3H3,(H,17,21)(H,18,20). The molecule has 0 aliphatic carbocycles. The van der Waals surface area contributed by atoms with Crippen LogP contribution in [0.4, 0.5) is 0 Å². The van der Waals surface area contributed by atoms with E-state index in [1.165, 1.54) is 0 Å². The minimum absolute atomic E-state index is 0.117. The van der Waals surface area contributed by atoms with Crippen molar-refractivity contribution >= 4 is 11.8 Å². The van der Waals surface area contributed by atoms with E-state index in [0.717, 1.165) is 11.1 Å². The fraction of sp³-hybridized carbons (Fsp3) is 0.375. The molecule has 0 saturated heterocycles. The van der Waals surface area contributed by atoms with E-state index >= 15 is 0 Å². The average molecular weight is 290 g/mol. The molecule has 114 valence electrons. The molecule has 0 aliphatic heterocycles. The highest BCUT2D eigenvalue weighted by atomic mass is 16.3. The molecule has 0 fully saturated rings. The van der Waals surface area contributed by atoms with Gasteiger partial charge in [-0.15, -0.1) is 6.58 Å². The number of carbonyl (C=O) groups excluding carboxylic acids is 2. The van der Waals surface area contributed by atoms with Crippen molar-refractivity contribution in [3.63, 3.8) is 0 Å². The zero-order chi connectivity index (χ0) is 15.8. The number of aliphatic hydroxyl groups excluding tert-OH is 1. The van der Waals surface area contributed by atoms with E-state index in [-0.39, 0.29) is 30.9 Å². The molecular weight excluding hydrogens is 268 g/mol. The lowest BCUT2D eigenvalue weighted by molar-refractivity contribution is -0.121. The van der Waals surface area contributed by atoms with Crippen LogP contribution in [0.2, 0.25) is 0 Å². The Morgan fingerprint density at radius 2 is 1.90 bits per heavy atom. The zero-order valence-corrected chi connectivity index (χ0v) is 12.5. The molecule has 5 nitrogen and oxygen atoms in total. The van der Waals surface area contributed by atoms with Crippen LogP contribution < -0.4 is 10.6 Å². The Balaban J connectivity index is 2.58. The molecule has 0 heterocycles. The van der Waals surface area contributed by atoms with E-state index in [2.05, 4.69) is 17.2 Å². The third-order valence-electron chi connectivity index (χ3n) is 2.99. The third-order valence-corrected chi connectivity index (χ3v) is 2.99. The summed E-state index contributed by atoms with van der Waals surface area (Å²) in [5.74, 6) is -0.323. The summed E-state index contributed by atoms with van der Waals surface area (Å²) in [6, 6.07) is 6.55. The predicted octanol–water partition coefficient (Wildman–Crippen LogP) is 1.03. The zero-order valence-electron chi connectivity index (χ0n) is 12.5. The molecule has 1 unspecified atom stereocenters. The number of rotatable bonds is 7. The van der Waals surface area contributed by atoms with E-state index in [0.29, 0.717) is 12.0 Å². The molecule has 5 heteroatoms. The maximum absolute atomic E-state index is 11.9. The predicted molar refractivity (Wildman–Crippen MR) is 82.0 cm³/mol. The van der Waals surface area contributed by atoms with Crippen molar-refractivity contribution in [3.05, 3.63) is 47.5 Å². The van der Waals surface area contributed by atoms with Crippen molar-refractivity contribution in [2.75, 3.05) is 13.7 Å². The van der Waals surface area contributed by atoms with E-state index < -0.39 is 0 Å². The summed E-state index contributed by atoms with van der Waals surface area (Å²) in [6.07, 6.45) is 0.762. The van der Waals surface area contributed by atoms with Crippen molar-refractivity contribution < 1.29 is 14.7 Å². The molecule has 1 rings (SSSR count). The maximum Gasteiger partial charge on any atom is 0.251 e. The first-order chi connectivity index (χ1) is 9.96. The van der Waals surface area contributed by atoms with Gasteiger partial charge >= 0.3 is 0 Å². The SMILES string of the molecule is C=C(C)CC(CO)NC(=O)Cc1ccc(C(=O)NC)cc1. The van der Waals surface area contributed by atoms with Crippen LogP contribution in [-0.4, -0.2) is 36.6 Å². The third kappa shape index (κ3) is 5.79. The first-order valence-corrected chi connectivity index (χ1v) is 6.82. The van der Waals surface area contributed by atoms with Gasteiger partial charge in [0.1, 0.15) is 0 Å². The van der Waals surface area contributed by atoms with E-state index in [1.54, 1.807) is 31.3 Å². The number of nitrogens with one attached hydrogen (secondary N) is 2. The Morgan fingerprint density at radius 1 is 1.29 bits per heavy atom. The summed E-state index contributed by atoms with van der Waals surface area (Å²) in [5.41, 5.74) is 2.27. The molecule has 0 bridgehead atoms. The van der Waals surface area contributed by atoms with Gasteiger partial charge in [0.25, 0.3) is 5.91 Å². The molecule has 1 aromatic carbocycles. The Hall–Kier alpha value is -2.14. The minimum Gasteiger partial charge on any atom is -0.394 e. The summed E-state index contributed by atoms with van der Waals surface area (Å²) < 4.78 is 0. The molecule has 0 saturated carbocycles. The molecule has 0 aromatic heterocycles. The summed E-state index contributed by atoms with van der Waals surface area (Å²) in [4.78, 5) is 23.3. The molecule has 1 aromatic rings. The summed E-state index contributed by atoms with van der Waals surface area (Å²) in [5, 5.41) is 14.5. The second-order valence-electron chi connectivity index (χ2n) is 5.06. The first kappa shape index (κ1) is 16.9. The van der Waals surface area contributed by atoms with Gasteiger partial charge in [0.2, 0.25) is 5.91 Å². The lowest BCUT2D eigenvalue weighted by atomic mass is 10.1. The maximum atomic E-state index is 11.9. The van der Waals surface area contributed by atoms with Gasteiger partial charge in [0.15, 0.2) is 0 Å². The van der Waals surface area contributed by atoms with Crippen LogP contribution in [0.1, 0.15) is 29.3 Å². The second kappa shape index (κ2) is 8.21. The van der Waals surface area contributed by atoms with Crippen LogP contribution >= 0.6 is 0 Å². The van der Waals surface area contributed by atoms with Gasteiger partial charge in [0.05, 0.1) is 19.1 Å². The summed E-state index contributed by atoms with van der Waals surface area (Å²) in [7, 11) is 1.57. The van der Waals surface area contributed by atoms with Gasteiger partial charge in [-0.2, -0.15) is 0 Å². The molecule has 0 spiro atoms. The lowest BCUT2D eigenvalue weighted by Gasteiger charge is -2.16. The smallest absolute Gasteiger partial charge is 0.251 e. The number of hydrogen-bond acceptors (Lipinski definition) is 3. The van der Waals surface area contributed by atoms with E-state index in [1.807, 2.05) is 6.92 Å². The fourth-order valence-corrected chi connectivity index (χ4v) is 1.96. The fourth-order valence-electron chi connectivity index (χ4n) is 1.96.